The topological polar surface area (TPSA) is 78.7 Å². The van der Waals surface area contributed by atoms with Crippen LogP contribution in [0.25, 0.3) is 11.0 Å². The quantitative estimate of drug-likeness (QED) is 0.724. The lowest BCUT2D eigenvalue weighted by atomic mass is 10.1. The molecule has 110 valence electrons. The number of hydrogen-bond donors (Lipinski definition) is 0. The highest BCUT2D eigenvalue weighted by atomic mass is 16.5. The lowest BCUT2D eigenvalue weighted by Crippen LogP contribution is -2.10. The van der Waals surface area contributed by atoms with Gasteiger partial charge in [0.1, 0.15) is 12.2 Å². The first-order valence-electron chi connectivity index (χ1n) is 6.87. The summed E-state index contributed by atoms with van der Waals surface area (Å²) in [6.45, 7) is 4.63. The van der Waals surface area contributed by atoms with Gasteiger partial charge in [-0.1, -0.05) is 19.0 Å². The fourth-order valence-electron chi connectivity index (χ4n) is 2.34. The van der Waals surface area contributed by atoms with Crippen LogP contribution in [0.3, 0.4) is 0 Å². The number of hydrogen-bond acceptors (Lipinski definition) is 5. The monoisotopic (exact) mass is 287 g/mol. The summed E-state index contributed by atoms with van der Waals surface area (Å²) in [6, 6.07) is 1.52. The number of fused-ring (bicyclic) bond motifs is 1. The van der Waals surface area contributed by atoms with Gasteiger partial charge < -0.3 is 9.09 Å². The molecule has 0 aromatic carbocycles. The van der Waals surface area contributed by atoms with Crippen LogP contribution < -0.4 is 5.43 Å². The molecule has 3 aromatic heterocycles. The summed E-state index contributed by atoms with van der Waals surface area (Å²) in [5, 5.41) is 8.69. The SMILES string of the molecule is CC(C)Cc1noc(Cn2ccc(=O)c3cnn(C)c32)n1. The third-order valence-corrected chi connectivity index (χ3v) is 3.26. The molecule has 0 amide bonds. The van der Waals surface area contributed by atoms with E-state index >= 15 is 0 Å². The molecule has 0 atom stereocenters. The molecule has 0 N–H and O–H groups in total. The molecule has 0 radical (unpaired) electrons. The minimum Gasteiger partial charge on any atom is -0.337 e. The Bertz CT molecular complexity index is 827. The van der Waals surface area contributed by atoms with Crippen LogP contribution in [0.1, 0.15) is 25.6 Å². The average molecular weight is 287 g/mol. The summed E-state index contributed by atoms with van der Waals surface area (Å²) < 4.78 is 8.83. The van der Waals surface area contributed by atoms with E-state index < -0.39 is 0 Å². The van der Waals surface area contributed by atoms with E-state index in [1.165, 1.54) is 6.07 Å². The molecule has 7 nitrogen and oxygen atoms in total. The highest BCUT2D eigenvalue weighted by molar-refractivity contribution is 5.74. The summed E-state index contributed by atoms with van der Waals surface area (Å²) in [7, 11) is 1.80. The van der Waals surface area contributed by atoms with Gasteiger partial charge in [-0.3, -0.25) is 9.48 Å². The second-order valence-electron chi connectivity index (χ2n) is 5.52. The number of rotatable bonds is 4. The molecule has 7 heteroatoms. The van der Waals surface area contributed by atoms with Gasteiger partial charge in [-0.2, -0.15) is 10.1 Å². The van der Waals surface area contributed by atoms with Crippen LogP contribution in [0.4, 0.5) is 0 Å². The number of nitrogens with zero attached hydrogens (tertiary/aromatic N) is 5. The molecule has 0 spiro atoms. The fourth-order valence-corrected chi connectivity index (χ4v) is 2.34. The Hall–Kier alpha value is -2.44. The van der Waals surface area contributed by atoms with Gasteiger partial charge in [-0.05, 0) is 5.92 Å². The van der Waals surface area contributed by atoms with Crippen molar-refractivity contribution in [1.29, 1.82) is 0 Å². The van der Waals surface area contributed by atoms with Crippen LogP contribution >= 0.6 is 0 Å². The van der Waals surface area contributed by atoms with Gasteiger partial charge in [0.15, 0.2) is 11.3 Å². The predicted octanol–water partition coefficient (Wildman–Crippen LogP) is 1.36. The normalized spacial score (nSPS) is 11.6. The third kappa shape index (κ3) is 2.58. The summed E-state index contributed by atoms with van der Waals surface area (Å²) in [5.41, 5.74) is 0.700. The Morgan fingerprint density at radius 1 is 1.38 bits per heavy atom. The number of pyridine rings is 1. The Labute approximate surface area is 121 Å². The predicted molar refractivity (Wildman–Crippen MR) is 76.9 cm³/mol. The molecule has 0 aliphatic heterocycles. The smallest absolute Gasteiger partial charge is 0.246 e. The van der Waals surface area contributed by atoms with Gasteiger partial charge in [-0.15, -0.1) is 0 Å². The van der Waals surface area contributed by atoms with Crippen LogP contribution in [0.2, 0.25) is 0 Å². The second-order valence-corrected chi connectivity index (χ2v) is 5.52. The van der Waals surface area contributed by atoms with Crippen molar-refractivity contribution < 1.29 is 4.52 Å². The van der Waals surface area contributed by atoms with Crippen molar-refractivity contribution in [3.63, 3.8) is 0 Å². The average Bonchev–Trinajstić information content (AvgIpc) is 3.00. The maximum Gasteiger partial charge on any atom is 0.246 e. The van der Waals surface area contributed by atoms with Crippen molar-refractivity contribution in [2.45, 2.75) is 26.8 Å². The van der Waals surface area contributed by atoms with E-state index in [-0.39, 0.29) is 5.43 Å². The van der Waals surface area contributed by atoms with Crippen molar-refractivity contribution in [2.24, 2.45) is 13.0 Å². The van der Waals surface area contributed by atoms with Crippen LogP contribution in [-0.2, 0) is 20.0 Å². The summed E-state index contributed by atoms with van der Waals surface area (Å²) >= 11 is 0. The zero-order valence-corrected chi connectivity index (χ0v) is 12.3. The van der Waals surface area contributed by atoms with Gasteiger partial charge in [0.25, 0.3) is 0 Å². The van der Waals surface area contributed by atoms with Gasteiger partial charge >= 0.3 is 0 Å². The molecule has 0 saturated heterocycles. The molecular formula is C14H17N5O2. The van der Waals surface area contributed by atoms with Crippen molar-refractivity contribution in [2.75, 3.05) is 0 Å². The second kappa shape index (κ2) is 5.16. The molecule has 0 aliphatic rings. The van der Waals surface area contributed by atoms with Gasteiger partial charge in [0.2, 0.25) is 5.89 Å². The third-order valence-electron chi connectivity index (χ3n) is 3.26. The largest absolute Gasteiger partial charge is 0.337 e. The minimum atomic E-state index is -0.0413. The molecule has 0 saturated carbocycles. The Morgan fingerprint density at radius 3 is 2.95 bits per heavy atom. The summed E-state index contributed by atoms with van der Waals surface area (Å²) in [6.07, 6.45) is 4.08. The Kier molecular flexibility index (Phi) is 3.32. The highest BCUT2D eigenvalue weighted by Crippen LogP contribution is 2.11. The van der Waals surface area contributed by atoms with Crippen LogP contribution in [0.5, 0.6) is 0 Å². The maximum absolute atomic E-state index is 11.8. The number of aryl methyl sites for hydroxylation is 1. The van der Waals surface area contributed by atoms with Crippen molar-refractivity contribution in [3.8, 4) is 0 Å². The lowest BCUT2D eigenvalue weighted by molar-refractivity contribution is 0.364. The van der Waals surface area contributed by atoms with Crippen molar-refractivity contribution >= 4 is 11.0 Å². The Balaban J connectivity index is 1.95. The van der Waals surface area contributed by atoms with E-state index in [0.29, 0.717) is 29.6 Å². The number of aromatic nitrogens is 5. The molecule has 3 heterocycles. The maximum atomic E-state index is 11.8. The first-order valence-corrected chi connectivity index (χ1v) is 6.87. The van der Waals surface area contributed by atoms with Crippen LogP contribution in [0.15, 0.2) is 27.8 Å². The van der Waals surface area contributed by atoms with Crippen molar-refractivity contribution in [3.05, 3.63) is 40.4 Å². The van der Waals surface area contributed by atoms with Crippen LogP contribution in [-0.4, -0.2) is 24.5 Å². The fraction of sp³-hybridized carbons (Fsp3) is 0.429. The lowest BCUT2D eigenvalue weighted by Gasteiger charge is -2.06. The molecule has 21 heavy (non-hydrogen) atoms. The molecular weight excluding hydrogens is 270 g/mol. The summed E-state index contributed by atoms with van der Waals surface area (Å²) in [5.74, 6) is 1.71. The molecule has 3 aromatic rings. The van der Waals surface area contributed by atoms with Crippen molar-refractivity contribution in [1.82, 2.24) is 24.5 Å². The van der Waals surface area contributed by atoms with E-state index in [4.69, 9.17) is 4.52 Å². The zero-order valence-electron chi connectivity index (χ0n) is 12.3. The van der Waals surface area contributed by atoms with E-state index in [1.807, 2.05) is 4.57 Å². The first-order chi connectivity index (χ1) is 10.0. The first kappa shape index (κ1) is 13.5. The van der Waals surface area contributed by atoms with Gasteiger partial charge in [0, 0.05) is 25.7 Å². The standard InChI is InChI=1S/C14H17N5O2/c1-9(2)6-12-16-13(21-17-12)8-19-5-4-11(20)10-7-15-18(3)14(10)19/h4-5,7,9H,6,8H2,1-3H3. The summed E-state index contributed by atoms with van der Waals surface area (Å²) in [4.78, 5) is 16.2. The van der Waals surface area contributed by atoms with Gasteiger partial charge in [-0.25, -0.2) is 0 Å². The van der Waals surface area contributed by atoms with E-state index in [2.05, 4.69) is 29.1 Å². The molecule has 0 aliphatic carbocycles. The molecule has 0 fully saturated rings. The molecule has 3 rings (SSSR count). The minimum absolute atomic E-state index is 0.0413. The Morgan fingerprint density at radius 2 is 2.19 bits per heavy atom. The van der Waals surface area contributed by atoms with E-state index in [9.17, 15) is 4.79 Å². The molecule has 0 bridgehead atoms. The molecule has 0 unspecified atom stereocenters. The van der Waals surface area contributed by atoms with E-state index in [1.54, 1.807) is 24.1 Å². The zero-order chi connectivity index (χ0) is 15.0. The van der Waals surface area contributed by atoms with Crippen LogP contribution in [0, 0.1) is 5.92 Å². The van der Waals surface area contributed by atoms with E-state index in [0.717, 1.165) is 12.1 Å². The highest BCUT2D eigenvalue weighted by Gasteiger charge is 2.12. The van der Waals surface area contributed by atoms with Gasteiger partial charge in [0.05, 0.1) is 11.6 Å².